The van der Waals surface area contributed by atoms with Crippen LogP contribution in [0.2, 0.25) is 0 Å². The van der Waals surface area contributed by atoms with Crippen LogP contribution in [0.4, 0.5) is 0 Å². The summed E-state index contributed by atoms with van der Waals surface area (Å²) in [4.78, 5) is 12.2. The van der Waals surface area contributed by atoms with E-state index in [-0.39, 0.29) is 35.3 Å². The van der Waals surface area contributed by atoms with Gasteiger partial charge in [-0.1, -0.05) is 44.9 Å². The Labute approximate surface area is 149 Å². The van der Waals surface area contributed by atoms with Crippen molar-refractivity contribution in [3.63, 3.8) is 0 Å². The predicted molar refractivity (Wildman–Crippen MR) is 98.6 cm³/mol. The van der Waals surface area contributed by atoms with Gasteiger partial charge in [-0.25, -0.2) is 4.79 Å². The van der Waals surface area contributed by atoms with Gasteiger partial charge in [0.1, 0.15) is 6.10 Å². The van der Waals surface area contributed by atoms with Crippen molar-refractivity contribution in [2.45, 2.75) is 25.9 Å². The first-order chi connectivity index (χ1) is 11.7. The largest absolute Gasteiger partial charge is 0.458 e. The molecule has 25 heavy (non-hydrogen) atoms. The molecular weight excluding hydrogens is 316 g/mol. The molecule has 0 radical (unpaired) electrons. The number of rotatable bonds is 6. The molecular formula is C21H28O4. The lowest BCUT2D eigenvalue weighted by atomic mass is 9.56. The Hall–Kier alpha value is -1.91. The molecule has 0 heterocycles. The molecule has 0 aromatic carbocycles. The van der Waals surface area contributed by atoms with Gasteiger partial charge in [0.05, 0.1) is 18.8 Å². The zero-order valence-electron chi connectivity index (χ0n) is 15.0. The average molecular weight is 344 g/mol. The Balaban J connectivity index is 2.43. The van der Waals surface area contributed by atoms with E-state index in [0.717, 1.165) is 23.1 Å². The highest BCUT2D eigenvalue weighted by molar-refractivity contribution is 5.88. The van der Waals surface area contributed by atoms with Gasteiger partial charge in [0.25, 0.3) is 0 Å². The molecule has 0 amide bonds. The quantitative estimate of drug-likeness (QED) is 0.442. The van der Waals surface area contributed by atoms with Gasteiger partial charge in [-0.15, -0.1) is 6.58 Å². The molecule has 2 rings (SSSR count). The molecule has 2 fully saturated rings. The summed E-state index contributed by atoms with van der Waals surface area (Å²) >= 11 is 0. The third-order valence-electron chi connectivity index (χ3n) is 5.83. The zero-order chi connectivity index (χ0) is 18.9. The van der Waals surface area contributed by atoms with Crippen molar-refractivity contribution in [3.05, 3.63) is 61.3 Å². The van der Waals surface area contributed by atoms with E-state index in [1.165, 1.54) is 0 Å². The van der Waals surface area contributed by atoms with Gasteiger partial charge in [-0.2, -0.15) is 0 Å². The molecule has 4 nitrogen and oxygen atoms in total. The molecule has 1 unspecified atom stereocenters. The highest BCUT2D eigenvalue weighted by Gasteiger charge is 2.55. The molecule has 5 atom stereocenters. The number of carbonyl (C=O) groups excluding carboxylic acids is 1. The number of hydrogen-bond acceptors (Lipinski definition) is 4. The van der Waals surface area contributed by atoms with E-state index in [2.05, 4.69) is 32.9 Å². The van der Waals surface area contributed by atoms with Crippen molar-refractivity contribution in [2.24, 2.45) is 23.2 Å². The fraction of sp³-hybridized carbons (Fsp3) is 0.476. The van der Waals surface area contributed by atoms with E-state index in [1.807, 2.05) is 13.0 Å². The first-order valence-corrected chi connectivity index (χ1v) is 8.48. The Morgan fingerprint density at radius 3 is 2.48 bits per heavy atom. The molecule has 0 saturated heterocycles. The van der Waals surface area contributed by atoms with E-state index in [0.29, 0.717) is 6.42 Å². The Kier molecular flexibility index (Phi) is 5.55. The third kappa shape index (κ3) is 3.29. The van der Waals surface area contributed by atoms with E-state index in [4.69, 9.17) is 9.84 Å². The van der Waals surface area contributed by atoms with Crippen molar-refractivity contribution in [1.29, 1.82) is 0 Å². The van der Waals surface area contributed by atoms with Gasteiger partial charge in [-0.3, -0.25) is 0 Å². The zero-order valence-corrected chi connectivity index (χ0v) is 15.0. The maximum atomic E-state index is 12.2. The van der Waals surface area contributed by atoms with Crippen LogP contribution in [0, 0.1) is 23.2 Å². The van der Waals surface area contributed by atoms with Gasteiger partial charge in [0.2, 0.25) is 0 Å². The lowest BCUT2D eigenvalue weighted by molar-refractivity contribution is -0.153. The van der Waals surface area contributed by atoms with Crippen LogP contribution in [0.3, 0.4) is 0 Å². The number of carbonyl (C=O) groups is 1. The highest BCUT2D eigenvalue weighted by Crippen LogP contribution is 2.59. The second kappa shape index (κ2) is 7.14. The lowest BCUT2D eigenvalue weighted by Gasteiger charge is -2.50. The highest BCUT2D eigenvalue weighted by atomic mass is 16.5. The van der Waals surface area contributed by atoms with Crippen LogP contribution >= 0.6 is 0 Å². The summed E-state index contributed by atoms with van der Waals surface area (Å²) in [6, 6.07) is 0. The smallest absolute Gasteiger partial charge is 0.336 e. The van der Waals surface area contributed by atoms with Gasteiger partial charge in [0, 0.05) is 5.92 Å². The van der Waals surface area contributed by atoms with Gasteiger partial charge < -0.3 is 14.9 Å². The summed E-state index contributed by atoms with van der Waals surface area (Å²) in [7, 11) is 0. The van der Waals surface area contributed by atoms with E-state index in [9.17, 15) is 9.90 Å². The van der Waals surface area contributed by atoms with Crippen molar-refractivity contribution < 1.29 is 19.7 Å². The van der Waals surface area contributed by atoms with Crippen LogP contribution < -0.4 is 0 Å². The Bertz CT molecular complexity index is 644. The second-order valence-electron chi connectivity index (χ2n) is 7.44. The maximum absolute atomic E-state index is 12.2. The van der Waals surface area contributed by atoms with E-state index in [1.54, 1.807) is 0 Å². The standard InChI is InChI=1S/C21H28O4/c1-7-21(6)9-17(25-20(24)14(4)11-23)18-15(5)12(2)8-16(18)19(21)13(3)10-22/h7,16-19,22-23H,1-5,8-11H2,6H3/t16-,17-,18-,19?,21+/m0/s1. The molecule has 0 aromatic heterocycles. The van der Waals surface area contributed by atoms with Crippen molar-refractivity contribution in [3.8, 4) is 0 Å². The minimum Gasteiger partial charge on any atom is -0.458 e. The number of hydrogen-bond donors (Lipinski definition) is 2. The number of esters is 1. The SMILES string of the molecule is C=C[C@]1(C)C[C@H](OC(=O)C(=C)CO)[C@H]2C(=C)C(=C)C[C@@H]2C1C(=C)CO. The van der Waals surface area contributed by atoms with Crippen LogP contribution in [0.1, 0.15) is 19.8 Å². The Morgan fingerprint density at radius 1 is 1.32 bits per heavy atom. The minimum atomic E-state index is -0.595. The van der Waals surface area contributed by atoms with Gasteiger partial charge >= 0.3 is 5.97 Å². The fourth-order valence-electron chi connectivity index (χ4n) is 4.52. The monoisotopic (exact) mass is 344 g/mol. The van der Waals surface area contributed by atoms with Crippen LogP contribution in [-0.2, 0) is 9.53 Å². The molecule has 0 aromatic rings. The average Bonchev–Trinajstić information content (AvgIpc) is 2.88. The molecule has 4 heteroatoms. The van der Waals surface area contributed by atoms with E-state index >= 15 is 0 Å². The first kappa shape index (κ1) is 19.4. The molecule has 136 valence electrons. The summed E-state index contributed by atoms with van der Waals surface area (Å²) < 4.78 is 5.70. The van der Waals surface area contributed by atoms with Crippen molar-refractivity contribution in [1.82, 2.24) is 0 Å². The number of aliphatic hydroxyl groups is 2. The molecule has 2 aliphatic carbocycles. The molecule has 0 spiro atoms. The van der Waals surface area contributed by atoms with Crippen molar-refractivity contribution >= 4 is 5.97 Å². The molecule has 0 aliphatic heterocycles. The minimum absolute atomic E-state index is 0.00648. The number of allylic oxidation sites excluding steroid dienone is 2. The lowest BCUT2D eigenvalue weighted by Crippen LogP contribution is -2.48. The van der Waals surface area contributed by atoms with Crippen LogP contribution in [0.5, 0.6) is 0 Å². The first-order valence-electron chi connectivity index (χ1n) is 8.48. The predicted octanol–water partition coefficient (Wildman–Crippen LogP) is 2.96. The normalized spacial score (nSPS) is 34.4. The topological polar surface area (TPSA) is 66.8 Å². The summed E-state index contributed by atoms with van der Waals surface area (Å²) in [5.41, 5.74) is 2.24. The van der Waals surface area contributed by atoms with Gasteiger partial charge in [-0.05, 0) is 41.2 Å². The number of fused-ring (bicyclic) bond motifs is 1. The van der Waals surface area contributed by atoms with Crippen LogP contribution in [0.25, 0.3) is 0 Å². The third-order valence-corrected chi connectivity index (χ3v) is 5.83. The van der Waals surface area contributed by atoms with Crippen LogP contribution in [-0.4, -0.2) is 35.5 Å². The molecule has 2 saturated carbocycles. The number of aliphatic hydroxyl groups excluding tert-OH is 2. The summed E-state index contributed by atoms with van der Waals surface area (Å²) in [5, 5.41) is 18.8. The van der Waals surface area contributed by atoms with E-state index < -0.39 is 18.7 Å². The maximum Gasteiger partial charge on any atom is 0.336 e. The van der Waals surface area contributed by atoms with Crippen molar-refractivity contribution in [2.75, 3.05) is 13.2 Å². The fourth-order valence-corrected chi connectivity index (χ4v) is 4.52. The summed E-state index contributed by atoms with van der Waals surface area (Å²) in [6.07, 6.45) is 2.72. The Morgan fingerprint density at radius 2 is 1.96 bits per heavy atom. The molecule has 2 N–H and O–H groups in total. The molecule has 2 aliphatic rings. The number of ether oxygens (including phenoxy) is 1. The summed E-state index contributed by atoms with van der Waals surface area (Å²) in [5.74, 6) is -0.574. The second-order valence-corrected chi connectivity index (χ2v) is 7.44. The summed E-state index contributed by atoms with van der Waals surface area (Å²) in [6.45, 7) is 21.4. The van der Waals surface area contributed by atoms with Gasteiger partial charge in [0.15, 0.2) is 0 Å². The van der Waals surface area contributed by atoms with Crippen LogP contribution in [0.15, 0.2) is 61.3 Å². The molecule has 0 bridgehead atoms.